The van der Waals surface area contributed by atoms with Crippen LogP contribution in [0.3, 0.4) is 0 Å². The van der Waals surface area contributed by atoms with Gasteiger partial charge in [0, 0.05) is 12.0 Å². The average Bonchev–Trinajstić information content (AvgIpc) is 1.81. The Morgan fingerprint density at radius 3 is 2.25 bits per heavy atom. The van der Waals surface area contributed by atoms with Gasteiger partial charge in [-0.05, 0) is 20.8 Å². The lowest BCUT2D eigenvalue weighted by molar-refractivity contribution is -0.136. The van der Waals surface area contributed by atoms with Crippen LogP contribution in [-0.4, -0.2) is 28.9 Å². The van der Waals surface area contributed by atoms with Gasteiger partial charge in [-0.1, -0.05) is 0 Å². The zero-order valence-corrected chi connectivity index (χ0v) is 7.68. The average molecular weight is 173 g/mol. The molecule has 0 aliphatic rings. The van der Waals surface area contributed by atoms with Crippen molar-refractivity contribution in [3.63, 3.8) is 0 Å². The number of rotatable bonds is 5. The number of hydrogen-bond acceptors (Lipinski definition) is 3. The second kappa shape index (κ2) is 4.21. The van der Waals surface area contributed by atoms with E-state index < -0.39 is 11.5 Å². The molecule has 0 aliphatic heterocycles. The summed E-state index contributed by atoms with van der Waals surface area (Å²) in [6.45, 7) is 4.99. The highest BCUT2D eigenvalue weighted by Crippen LogP contribution is 2.07. The first-order valence-corrected chi connectivity index (χ1v) is 3.80. The molecule has 70 valence electrons. The quantitative estimate of drug-likeness (QED) is 0.632. The van der Waals surface area contributed by atoms with Crippen LogP contribution in [0, 0.1) is 0 Å². The maximum Gasteiger partial charge on any atom is 0.317 e. The fourth-order valence-corrected chi connectivity index (χ4v) is 1.000. The number of aliphatic carboxylic acids is 1. The van der Waals surface area contributed by atoms with Crippen LogP contribution in [0.25, 0.3) is 0 Å². The van der Waals surface area contributed by atoms with Gasteiger partial charge in [-0.2, -0.15) is 0 Å². The molecule has 12 heavy (non-hydrogen) atoms. The van der Waals surface area contributed by atoms with E-state index in [0.29, 0.717) is 6.42 Å². The summed E-state index contributed by atoms with van der Waals surface area (Å²) in [4.78, 5) is 20.9. The number of ketones is 1. The molecule has 0 amide bonds. The van der Waals surface area contributed by atoms with Gasteiger partial charge in [-0.15, -0.1) is 0 Å². The minimum atomic E-state index is -0.911. The number of carboxylic acid groups (broad SMARTS) is 1. The first-order valence-electron chi connectivity index (χ1n) is 3.80. The molecule has 0 rings (SSSR count). The van der Waals surface area contributed by atoms with Crippen molar-refractivity contribution in [2.24, 2.45) is 0 Å². The van der Waals surface area contributed by atoms with Crippen LogP contribution in [0.5, 0.6) is 0 Å². The molecule has 0 aromatic carbocycles. The van der Waals surface area contributed by atoms with Crippen molar-refractivity contribution in [1.29, 1.82) is 0 Å². The SMILES string of the molecule is CC(=O)CC(C)(C)NCC(=O)O. The summed E-state index contributed by atoms with van der Waals surface area (Å²) in [5, 5.41) is 11.1. The summed E-state index contributed by atoms with van der Waals surface area (Å²) in [7, 11) is 0. The first kappa shape index (κ1) is 11.1. The summed E-state index contributed by atoms with van der Waals surface area (Å²) in [6.07, 6.45) is 0.347. The highest BCUT2D eigenvalue weighted by Gasteiger charge is 2.19. The van der Waals surface area contributed by atoms with Gasteiger partial charge in [0.15, 0.2) is 0 Å². The second-order valence-corrected chi connectivity index (χ2v) is 3.51. The number of Topliss-reactive ketones (excluding diaryl/α,β-unsaturated/α-hetero) is 1. The molecule has 0 aliphatic carbocycles. The minimum Gasteiger partial charge on any atom is -0.480 e. The third-order valence-electron chi connectivity index (χ3n) is 1.41. The van der Waals surface area contributed by atoms with Gasteiger partial charge >= 0.3 is 5.97 Å². The molecule has 0 unspecified atom stereocenters. The van der Waals surface area contributed by atoms with Gasteiger partial charge in [0.05, 0.1) is 6.54 Å². The molecule has 2 N–H and O–H groups in total. The van der Waals surface area contributed by atoms with E-state index in [1.54, 1.807) is 13.8 Å². The molecule has 0 spiro atoms. The number of hydrogen-bond donors (Lipinski definition) is 2. The first-order chi connectivity index (χ1) is 5.33. The molecule has 0 atom stereocenters. The van der Waals surface area contributed by atoms with Crippen LogP contribution in [0.2, 0.25) is 0 Å². The van der Waals surface area contributed by atoms with E-state index in [0.717, 1.165) is 0 Å². The van der Waals surface area contributed by atoms with Crippen molar-refractivity contribution in [2.45, 2.75) is 32.7 Å². The smallest absolute Gasteiger partial charge is 0.317 e. The molecule has 0 saturated carbocycles. The van der Waals surface area contributed by atoms with Crippen LogP contribution in [-0.2, 0) is 9.59 Å². The van der Waals surface area contributed by atoms with Crippen LogP contribution in [0.4, 0.5) is 0 Å². The number of carbonyl (C=O) groups is 2. The van der Waals surface area contributed by atoms with E-state index in [9.17, 15) is 9.59 Å². The van der Waals surface area contributed by atoms with Crippen molar-refractivity contribution in [3.05, 3.63) is 0 Å². The fourth-order valence-electron chi connectivity index (χ4n) is 1.000. The Balaban J connectivity index is 3.86. The maximum atomic E-state index is 10.7. The Bertz CT molecular complexity index is 187. The third kappa shape index (κ3) is 5.85. The molecule has 4 heteroatoms. The Morgan fingerprint density at radius 2 is 1.92 bits per heavy atom. The van der Waals surface area contributed by atoms with Gasteiger partial charge in [-0.3, -0.25) is 9.59 Å². The lowest BCUT2D eigenvalue weighted by Gasteiger charge is -2.23. The van der Waals surface area contributed by atoms with Crippen LogP contribution < -0.4 is 5.32 Å². The maximum absolute atomic E-state index is 10.7. The largest absolute Gasteiger partial charge is 0.480 e. The van der Waals surface area contributed by atoms with E-state index in [2.05, 4.69) is 5.32 Å². The molecule has 0 heterocycles. The van der Waals surface area contributed by atoms with Gasteiger partial charge < -0.3 is 10.4 Å². The molecule has 0 aromatic heterocycles. The van der Waals surface area contributed by atoms with Gasteiger partial charge in [0.1, 0.15) is 5.78 Å². The van der Waals surface area contributed by atoms with Gasteiger partial charge in [-0.25, -0.2) is 0 Å². The summed E-state index contributed by atoms with van der Waals surface area (Å²) in [6, 6.07) is 0. The monoisotopic (exact) mass is 173 g/mol. The zero-order valence-electron chi connectivity index (χ0n) is 7.68. The predicted molar refractivity (Wildman–Crippen MR) is 45.0 cm³/mol. The van der Waals surface area contributed by atoms with Crippen molar-refractivity contribution >= 4 is 11.8 Å². The zero-order chi connectivity index (χ0) is 9.78. The van der Waals surface area contributed by atoms with Crippen molar-refractivity contribution < 1.29 is 14.7 Å². The van der Waals surface area contributed by atoms with Crippen molar-refractivity contribution in [2.75, 3.05) is 6.54 Å². The normalized spacial score (nSPS) is 11.2. The number of carbonyl (C=O) groups excluding carboxylic acids is 1. The van der Waals surface area contributed by atoms with Crippen molar-refractivity contribution in [1.82, 2.24) is 5.32 Å². The highest BCUT2D eigenvalue weighted by molar-refractivity contribution is 5.77. The van der Waals surface area contributed by atoms with E-state index in [-0.39, 0.29) is 12.3 Å². The number of carboxylic acids is 1. The molecule has 0 aromatic rings. The molecular formula is C8H15NO3. The number of nitrogens with one attached hydrogen (secondary N) is 1. The van der Waals surface area contributed by atoms with E-state index in [1.807, 2.05) is 0 Å². The molecule has 0 bridgehead atoms. The Labute approximate surface area is 72.0 Å². The van der Waals surface area contributed by atoms with Crippen LogP contribution in [0.15, 0.2) is 0 Å². The summed E-state index contributed by atoms with van der Waals surface area (Å²) in [5.74, 6) is -0.857. The van der Waals surface area contributed by atoms with Crippen LogP contribution >= 0.6 is 0 Å². The second-order valence-electron chi connectivity index (χ2n) is 3.51. The minimum absolute atomic E-state index is 0.0536. The van der Waals surface area contributed by atoms with E-state index in [1.165, 1.54) is 6.92 Å². The predicted octanol–water partition coefficient (Wildman–Crippen LogP) is 0.418. The lowest BCUT2D eigenvalue weighted by Crippen LogP contribution is -2.43. The summed E-state index contributed by atoms with van der Waals surface area (Å²) < 4.78 is 0. The van der Waals surface area contributed by atoms with Crippen LogP contribution in [0.1, 0.15) is 27.2 Å². The Hall–Kier alpha value is -0.900. The van der Waals surface area contributed by atoms with E-state index in [4.69, 9.17) is 5.11 Å². The third-order valence-corrected chi connectivity index (χ3v) is 1.41. The van der Waals surface area contributed by atoms with Gasteiger partial charge in [0.25, 0.3) is 0 Å². The lowest BCUT2D eigenvalue weighted by atomic mass is 9.98. The highest BCUT2D eigenvalue weighted by atomic mass is 16.4. The standard InChI is InChI=1S/C8H15NO3/c1-6(10)4-8(2,3)9-5-7(11)12/h9H,4-5H2,1-3H3,(H,11,12). The Morgan fingerprint density at radius 1 is 1.42 bits per heavy atom. The van der Waals surface area contributed by atoms with Gasteiger partial charge in [0.2, 0.25) is 0 Å². The van der Waals surface area contributed by atoms with E-state index >= 15 is 0 Å². The molecular weight excluding hydrogens is 158 g/mol. The van der Waals surface area contributed by atoms with Crippen molar-refractivity contribution in [3.8, 4) is 0 Å². The summed E-state index contributed by atoms with van der Waals surface area (Å²) >= 11 is 0. The molecule has 0 fully saturated rings. The topological polar surface area (TPSA) is 66.4 Å². The fraction of sp³-hybridized carbons (Fsp3) is 0.750. The molecule has 0 radical (unpaired) electrons. The summed E-state index contributed by atoms with van der Waals surface area (Å²) in [5.41, 5.74) is -0.426. The molecule has 0 saturated heterocycles. The Kier molecular flexibility index (Phi) is 3.89. The molecule has 4 nitrogen and oxygen atoms in total.